The molecule has 1 atom stereocenters. The molecule has 0 heterocycles. The minimum atomic E-state index is -0.399. The highest BCUT2D eigenvalue weighted by molar-refractivity contribution is 5.42. The van der Waals surface area contributed by atoms with E-state index in [9.17, 15) is 5.11 Å². The second-order valence-electron chi connectivity index (χ2n) is 5.59. The Kier molecular flexibility index (Phi) is 4.23. The highest BCUT2D eigenvalue weighted by atomic mass is 16.3. The van der Waals surface area contributed by atoms with Crippen LogP contribution in [0.5, 0.6) is 0 Å². The van der Waals surface area contributed by atoms with Crippen molar-refractivity contribution in [3.8, 4) is 0 Å². The molecule has 1 unspecified atom stereocenters. The van der Waals surface area contributed by atoms with Crippen LogP contribution in [0.3, 0.4) is 0 Å². The Bertz CT molecular complexity index is 434. The van der Waals surface area contributed by atoms with Crippen LogP contribution < -0.4 is 0 Å². The van der Waals surface area contributed by atoms with Crippen LogP contribution in [0, 0.1) is 20.8 Å². The quantitative estimate of drug-likeness (QED) is 0.757. The summed E-state index contributed by atoms with van der Waals surface area (Å²) in [6, 6.07) is 4.34. The fourth-order valence-corrected chi connectivity index (χ4v) is 3.10. The molecule has 0 fully saturated rings. The lowest BCUT2D eigenvalue weighted by Crippen LogP contribution is -2.06. The Morgan fingerprint density at radius 1 is 1.00 bits per heavy atom. The van der Waals surface area contributed by atoms with Gasteiger partial charge in [-0.2, -0.15) is 0 Å². The Balaban J connectivity index is 2.33. The molecule has 98 valence electrons. The van der Waals surface area contributed by atoms with Crippen LogP contribution in [0.15, 0.2) is 23.8 Å². The van der Waals surface area contributed by atoms with E-state index in [1.807, 2.05) is 0 Å². The summed E-state index contributed by atoms with van der Waals surface area (Å²) in [5.74, 6) is 0. The summed E-state index contributed by atoms with van der Waals surface area (Å²) in [6.45, 7) is 6.33. The van der Waals surface area contributed by atoms with Gasteiger partial charge in [0.15, 0.2) is 0 Å². The fourth-order valence-electron chi connectivity index (χ4n) is 3.10. The van der Waals surface area contributed by atoms with Crippen molar-refractivity contribution < 1.29 is 5.11 Å². The first-order valence-electron chi connectivity index (χ1n) is 7.04. The maximum absolute atomic E-state index is 10.7. The van der Waals surface area contributed by atoms with Crippen LogP contribution in [0.2, 0.25) is 0 Å². The molecule has 0 bridgehead atoms. The summed E-state index contributed by atoms with van der Waals surface area (Å²) in [5, 5.41) is 10.7. The van der Waals surface area contributed by atoms with E-state index in [1.165, 1.54) is 41.5 Å². The van der Waals surface area contributed by atoms with Gasteiger partial charge in [0.2, 0.25) is 0 Å². The molecule has 0 aromatic heterocycles. The molecule has 18 heavy (non-hydrogen) atoms. The van der Waals surface area contributed by atoms with E-state index < -0.39 is 6.10 Å². The Morgan fingerprint density at radius 2 is 1.67 bits per heavy atom. The number of aryl methyl sites for hydroxylation is 3. The SMILES string of the molecule is Cc1cc(C)c(C(O)C2=CCCCCC2)c(C)c1. The Labute approximate surface area is 111 Å². The monoisotopic (exact) mass is 244 g/mol. The van der Waals surface area contributed by atoms with E-state index >= 15 is 0 Å². The largest absolute Gasteiger partial charge is 0.384 e. The molecule has 0 saturated heterocycles. The van der Waals surface area contributed by atoms with Crippen molar-refractivity contribution in [3.05, 3.63) is 46.0 Å². The summed E-state index contributed by atoms with van der Waals surface area (Å²) >= 11 is 0. The van der Waals surface area contributed by atoms with Crippen LogP contribution in [0.1, 0.15) is 60.5 Å². The van der Waals surface area contributed by atoms with Gasteiger partial charge in [0, 0.05) is 0 Å². The molecule has 1 aromatic carbocycles. The van der Waals surface area contributed by atoms with Gasteiger partial charge in [-0.25, -0.2) is 0 Å². The average molecular weight is 244 g/mol. The number of aliphatic hydroxyl groups excluding tert-OH is 1. The van der Waals surface area contributed by atoms with E-state index in [1.54, 1.807) is 0 Å². The predicted molar refractivity (Wildman–Crippen MR) is 76.8 cm³/mol. The summed E-state index contributed by atoms with van der Waals surface area (Å²) in [7, 11) is 0. The van der Waals surface area contributed by atoms with Crippen molar-refractivity contribution in [1.82, 2.24) is 0 Å². The maximum Gasteiger partial charge on any atom is 0.101 e. The minimum absolute atomic E-state index is 0.399. The molecule has 0 radical (unpaired) electrons. The number of aliphatic hydroxyl groups is 1. The van der Waals surface area contributed by atoms with Crippen LogP contribution in [0.4, 0.5) is 0 Å². The van der Waals surface area contributed by atoms with Crippen molar-refractivity contribution >= 4 is 0 Å². The second kappa shape index (κ2) is 5.71. The van der Waals surface area contributed by atoms with Gasteiger partial charge in [-0.1, -0.05) is 30.2 Å². The summed E-state index contributed by atoms with van der Waals surface area (Å²) in [4.78, 5) is 0. The van der Waals surface area contributed by atoms with E-state index in [0.717, 1.165) is 18.4 Å². The van der Waals surface area contributed by atoms with Gasteiger partial charge in [-0.15, -0.1) is 0 Å². The van der Waals surface area contributed by atoms with Crippen LogP contribution in [-0.2, 0) is 0 Å². The molecule has 2 rings (SSSR count). The number of benzene rings is 1. The first-order chi connectivity index (χ1) is 8.59. The van der Waals surface area contributed by atoms with Gasteiger partial charge in [0.1, 0.15) is 6.10 Å². The topological polar surface area (TPSA) is 20.2 Å². The molecule has 0 saturated carbocycles. The van der Waals surface area contributed by atoms with E-state index in [-0.39, 0.29) is 0 Å². The van der Waals surface area contributed by atoms with Crippen molar-refractivity contribution in [2.24, 2.45) is 0 Å². The summed E-state index contributed by atoms with van der Waals surface area (Å²) < 4.78 is 0. The lowest BCUT2D eigenvalue weighted by atomic mass is 9.90. The summed E-state index contributed by atoms with van der Waals surface area (Å²) in [5.41, 5.74) is 6.04. The Morgan fingerprint density at radius 3 is 2.33 bits per heavy atom. The molecule has 0 amide bonds. The molecule has 1 nitrogen and oxygen atoms in total. The third-order valence-electron chi connectivity index (χ3n) is 3.94. The third kappa shape index (κ3) is 2.84. The van der Waals surface area contributed by atoms with Gasteiger partial charge >= 0.3 is 0 Å². The van der Waals surface area contributed by atoms with E-state index in [2.05, 4.69) is 39.0 Å². The molecule has 1 N–H and O–H groups in total. The standard InChI is InChI=1S/C17H24O/c1-12-10-13(2)16(14(3)11-12)17(18)15-8-6-4-5-7-9-15/h8,10-11,17-18H,4-7,9H2,1-3H3. The van der Waals surface area contributed by atoms with Gasteiger partial charge in [-0.3, -0.25) is 0 Å². The van der Waals surface area contributed by atoms with Crippen LogP contribution in [0.25, 0.3) is 0 Å². The summed E-state index contributed by atoms with van der Waals surface area (Å²) in [6.07, 6.45) is 7.80. The highest BCUT2D eigenvalue weighted by Crippen LogP contribution is 2.33. The van der Waals surface area contributed by atoms with Crippen LogP contribution in [-0.4, -0.2) is 5.11 Å². The minimum Gasteiger partial charge on any atom is -0.384 e. The number of hydrogen-bond acceptors (Lipinski definition) is 1. The van der Waals surface area contributed by atoms with Gasteiger partial charge in [0.25, 0.3) is 0 Å². The Hall–Kier alpha value is -1.08. The van der Waals surface area contributed by atoms with Crippen LogP contribution >= 0.6 is 0 Å². The van der Waals surface area contributed by atoms with Crippen molar-refractivity contribution in [2.75, 3.05) is 0 Å². The molecule has 1 heteroatoms. The second-order valence-corrected chi connectivity index (χ2v) is 5.59. The van der Waals surface area contributed by atoms with Crippen molar-refractivity contribution in [1.29, 1.82) is 0 Å². The lowest BCUT2D eigenvalue weighted by molar-refractivity contribution is 0.209. The molecule has 1 aromatic rings. The van der Waals surface area contributed by atoms with Gasteiger partial charge < -0.3 is 5.11 Å². The predicted octanol–water partition coefficient (Wildman–Crippen LogP) is 4.54. The number of hydrogen-bond donors (Lipinski definition) is 1. The number of rotatable bonds is 2. The fraction of sp³-hybridized carbons (Fsp3) is 0.529. The van der Waals surface area contributed by atoms with Crippen molar-refractivity contribution in [2.45, 2.75) is 59.0 Å². The first-order valence-corrected chi connectivity index (χ1v) is 7.04. The van der Waals surface area contributed by atoms with Crippen molar-refractivity contribution in [3.63, 3.8) is 0 Å². The third-order valence-corrected chi connectivity index (χ3v) is 3.94. The van der Waals surface area contributed by atoms with E-state index in [0.29, 0.717) is 0 Å². The maximum atomic E-state index is 10.7. The number of allylic oxidation sites excluding steroid dienone is 1. The molecule has 1 aliphatic carbocycles. The zero-order chi connectivity index (χ0) is 13.1. The van der Waals surface area contributed by atoms with Gasteiger partial charge in [-0.05, 0) is 68.7 Å². The molecular formula is C17H24O. The lowest BCUT2D eigenvalue weighted by Gasteiger charge is -2.20. The highest BCUT2D eigenvalue weighted by Gasteiger charge is 2.18. The average Bonchev–Trinajstić information content (AvgIpc) is 2.55. The molecule has 0 aliphatic heterocycles. The normalized spacial score (nSPS) is 18.1. The molecule has 0 spiro atoms. The van der Waals surface area contributed by atoms with Gasteiger partial charge in [0.05, 0.1) is 0 Å². The smallest absolute Gasteiger partial charge is 0.101 e. The zero-order valence-corrected chi connectivity index (χ0v) is 11.8. The van der Waals surface area contributed by atoms with E-state index in [4.69, 9.17) is 0 Å². The first kappa shape index (κ1) is 13.4. The zero-order valence-electron chi connectivity index (χ0n) is 11.8. The molecular weight excluding hydrogens is 220 g/mol. The molecule has 1 aliphatic rings.